The van der Waals surface area contributed by atoms with Gasteiger partial charge in [0.05, 0.1) is 16.9 Å². The number of nitrogens with one attached hydrogen (secondary N) is 1. The maximum atomic E-state index is 12.9. The molecule has 9 heteroatoms. The lowest BCUT2D eigenvalue weighted by molar-refractivity contribution is -0.123. The van der Waals surface area contributed by atoms with Crippen LogP contribution in [0.15, 0.2) is 58.5 Å². The first-order valence-electron chi connectivity index (χ1n) is 9.20. The van der Waals surface area contributed by atoms with E-state index in [-0.39, 0.29) is 16.8 Å². The van der Waals surface area contributed by atoms with Gasteiger partial charge in [-0.05, 0) is 44.4 Å². The van der Waals surface area contributed by atoms with Gasteiger partial charge in [0, 0.05) is 13.2 Å². The van der Waals surface area contributed by atoms with Crippen molar-refractivity contribution in [2.24, 2.45) is 7.05 Å². The van der Waals surface area contributed by atoms with Gasteiger partial charge in [-0.2, -0.15) is 0 Å². The Balaban J connectivity index is 1.79. The van der Waals surface area contributed by atoms with E-state index in [2.05, 4.69) is 10.3 Å². The van der Waals surface area contributed by atoms with Gasteiger partial charge in [0.2, 0.25) is 0 Å². The lowest BCUT2D eigenvalue weighted by Gasteiger charge is -2.14. The molecular weight excluding hydrogens is 404 g/mol. The quantitative estimate of drug-likeness (QED) is 0.481. The van der Waals surface area contributed by atoms with Gasteiger partial charge in [0.1, 0.15) is 10.7 Å². The summed E-state index contributed by atoms with van der Waals surface area (Å²) in [6.45, 7) is 3.18. The van der Waals surface area contributed by atoms with Crippen LogP contribution in [0.5, 0.6) is 0 Å². The number of anilines is 1. The summed E-state index contributed by atoms with van der Waals surface area (Å²) in [4.78, 5) is 42.1. The van der Waals surface area contributed by atoms with Crippen molar-refractivity contribution in [2.45, 2.75) is 25.0 Å². The van der Waals surface area contributed by atoms with Crippen LogP contribution in [0.3, 0.4) is 0 Å². The molecule has 0 aliphatic carbocycles. The standard InChI is InChI=1S/C21H22N4O4S/c1-13-17(20(27)25(24(13)3)15-9-6-5-7-10-15)23-18(26)14(2)29-21(28)16-11-8-12-22-19(16)30-4/h5-12,14H,1-4H3,(H,23,26). The van der Waals surface area contributed by atoms with E-state index in [9.17, 15) is 14.4 Å². The van der Waals surface area contributed by atoms with Crippen LogP contribution < -0.4 is 10.9 Å². The highest BCUT2D eigenvalue weighted by atomic mass is 32.2. The molecule has 2 heterocycles. The Kier molecular flexibility index (Phi) is 6.41. The molecular formula is C21H22N4O4S. The minimum absolute atomic E-state index is 0.139. The van der Waals surface area contributed by atoms with E-state index < -0.39 is 18.0 Å². The van der Waals surface area contributed by atoms with E-state index in [1.807, 2.05) is 18.2 Å². The maximum absolute atomic E-state index is 12.9. The summed E-state index contributed by atoms with van der Waals surface area (Å²) in [5.74, 6) is -1.24. The van der Waals surface area contributed by atoms with Gasteiger partial charge in [0.15, 0.2) is 6.10 Å². The molecule has 156 valence electrons. The lowest BCUT2D eigenvalue weighted by Crippen LogP contribution is -2.32. The molecule has 0 radical (unpaired) electrons. The minimum Gasteiger partial charge on any atom is -0.449 e. The Labute approximate surface area is 177 Å². The Morgan fingerprint density at radius 1 is 1.17 bits per heavy atom. The smallest absolute Gasteiger partial charge is 0.341 e. The van der Waals surface area contributed by atoms with Crippen molar-refractivity contribution in [1.82, 2.24) is 14.3 Å². The SMILES string of the molecule is CSc1ncccc1C(=O)OC(C)C(=O)Nc1c(C)n(C)n(-c2ccccc2)c1=O. The zero-order valence-corrected chi connectivity index (χ0v) is 17.9. The van der Waals surface area contributed by atoms with Gasteiger partial charge in [-0.15, -0.1) is 11.8 Å². The molecule has 1 N–H and O–H groups in total. The topological polar surface area (TPSA) is 95.2 Å². The lowest BCUT2D eigenvalue weighted by atomic mass is 10.3. The number of para-hydroxylation sites is 1. The van der Waals surface area contributed by atoms with Crippen LogP contribution in [0.25, 0.3) is 5.69 Å². The molecule has 0 fully saturated rings. The van der Waals surface area contributed by atoms with Crippen LogP contribution in [0, 0.1) is 6.92 Å². The van der Waals surface area contributed by atoms with Crippen molar-refractivity contribution in [3.63, 3.8) is 0 Å². The second kappa shape index (κ2) is 9.00. The fourth-order valence-electron chi connectivity index (χ4n) is 2.92. The maximum Gasteiger partial charge on any atom is 0.341 e. The first-order valence-corrected chi connectivity index (χ1v) is 10.4. The number of hydrogen-bond acceptors (Lipinski definition) is 6. The van der Waals surface area contributed by atoms with E-state index in [0.29, 0.717) is 16.4 Å². The zero-order valence-electron chi connectivity index (χ0n) is 17.1. The largest absolute Gasteiger partial charge is 0.449 e. The number of ether oxygens (including phenoxy) is 1. The molecule has 3 rings (SSSR count). The van der Waals surface area contributed by atoms with Gasteiger partial charge >= 0.3 is 5.97 Å². The van der Waals surface area contributed by atoms with Gasteiger partial charge in [-0.25, -0.2) is 14.5 Å². The number of amides is 1. The van der Waals surface area contributed by atoms with Crippen molar-refractivity contribution >= 4 is 29.3 Å². The Bertz CT molecular complexity index is 1140. The summed E-state index contributed by atoms with van der Waals surface area (Å²) in [7, 11) is 1.73. The molecule has 1 atom stereocenters. The summed E-state index contributed by atoms with van der Waals surface area (Å²) in [5, 5.41) is 3.12. The Hall–Kier alpha value is -3.33. The molecule has 3 aromatic rings. The van der Waals surface area contributed by atoms with Crippen molar-refractivity contribution in [3.05, 3.63) is 70.3 Å². The predicted molar refractivity (Wildman–Crippen MR) is 115 cm³/mol. The molecule has 1 unspecified atom stereocenters. The molecule has 2 aromatic heterocycles. The summed E-state index contributed by atoms with van der Waals surface area (Å²) in [6, 6.07) is 12.3. The number of hydrogen-bond donors (Lipinski definition) is 1. The fourth-order valence-corrected chi connectivity index (χ4v) is 3.46. The van der Waals surface area contributed by atoms with Gasteiger partial charge < -0.3 is 10.1 Å². The second-order valence-electron chi connectivity index (χ2n) is 6.53. The van der Waals surface area contributed by atoms with Crippen LogP contribution in [-0.4, -0.2) is 38.6 Å². The zero-order chi connectivity index (χ0) is 21.8. The summed E-state index contributed by atoms with van der Waals surface area (Å²) < 4.78 is 8.41. The first-order chi connectivity index (χ1) is 14.3. The van der Waals surface area contributed by atoms with Crippen LogP contribution in [0.4, 0.5) is 5.69 Å². The van der Waals surface area contributed by atoms with Crippen LogP contribution >= 0.6 is 11.8 Å². The van der Waals surface area contributed by atoms with Crippen LogP contribution in [-0.2, 0) is 16.6 Å². The summed E-state index contributed by atoms with van der Waals surface area (Å²) in [6.07, 6.45) is 2.27. The Morgan fingerprint density at radius 3 is 2.53 bits per heavy atom. The third kappa shape index (κ3) is 4.16. The van der Waals surface area contributed by atoms with Crippen molar-refractivity contribution < 1.29 is 14.3 Å². The summed E-state index contributed by atoms with van der Waals surface area (Å²) >= 11 is 1.31. The predicted octanol–water partition coefficient (Wildman–Crippen LogP) is 2.79. The van der Waals surface area contributed by atoms with E-state index >= 15 is 0 Å². The number of aromatic nitrogens is 3. The number of carbonyl (C=O) groups is 2. The van der Waals surface area contributed by atoms with Crippen LogP contribution in [0.2, 0.25) is 0 Å². The molecule has 0 spiro atoms. The van der Waals surface area contributed by atoms with Gasteiger partial charge in [-0.3, -0.25) is 14.3 Å². The summed E-state index contributed by atoms with van der Waals surface area (Å²) in [5.41, 5.74) is 1.30. The van der Waals surface area contributed by atoms with Crippen molar-refractivity contribution in [3.8, 4) is 5.69 Å². The molecule has 0 aliphatic rings. The third-order valence-electron chi connectivity index (χ3n) is 4.64. The second-order valence-corrected chi connectivity index (χ2v) is 7.33. The molecule has 0 aliphatic heterocycles. The number of rotatable bonds is 6. The van der Waals surface area contributed by atoms with Crippen molar-refractivity contribution in [1.29, 1.82) is 0 Å². The number of thioether (sulfide) groups is 1. The van der Waals surface area contributed by atoms with Crippen molar-refractivity contribution in [2.75, 3.05) is 11.6 Å². The fraction of sp³-hybridized carbons (Fsp3) is 0.238. The normalized spacial score (nSPS) is 11.7. The molecule has 30 heavy (non-hydrogen) atoms. The highest BCUT2D eigenvalue weighted by Crippen LogP contribution is 2.19. The minimum atomic E-state index is -1.10. The van der Waals surface area contributed by atoms with E-state index in [4.69, 9.17) is 4.74 Å². The van der Waals surface area contributed by atoms with Gasteiger partial charge in [-0.1, -0.05) is 18.2 Å². The molecule has 1 aromatic carbocycles. The number of pyridine rings is 1. The molecule has 8 nitrogen and oxygen atoms in total. The third-order valence-corrected chi connectivity index (χ3v) is 5.35. The highest BCUT2D eigenvalue weighted by Gasteiger charge is 2.24. The monoisotopic (exact) mass is 426 g/mol. The van der Waals surface area contributed by atoms with E-state index in [1.165, 1.54) is 23.4 Å². The number of esters is 1. The molecule has 0 bridgehead atoms. The molecule has 0 saturated carbocycles. The first kappa shape index (κ1) is 21.4. The van der Waals surface area contributed by atoms with Gasteiger partial charge in [0.25, 0.3) is 11.5 Å². The molecule has 0 saturated heterocycles. The van der Waals surface area contributed by atoms with E-state index in [0.717, 1.165) is 0 Å². The highest BCUT2D eigenvalue weighted by molar-refractivity contribution is 7.98. The average Bonchev–Trinajstić information content (AvgIpc) is 2.97. The van der Waals surface area contributed by atoms with E-state index in [1.54, 1.807) is 55.4 Å². The average molecular weight is 426 g/mol. The van der Waals surface area contributed by atoms with Crippen LogP contribution in [0.1, 0.15) is 23.0 Å². The number of carbonyl (C=O) groups excluding carboxylic acids is 2. The molecule has 1 amide bonds. The Morgan fingerprint density at radius 2 is 1.87 bits per heavy atom. The number of benzene rings is 1. The number of nitrogens with zero attached hydrogens (tertiary/aromatic N) is 3.